The van der Waals surface area contributed by atoms with Crippen LogP contribution in [0.2, 0.25) is 0 Å². The lowest BCUT2D eigenvalue weighted by Gasteiger charge is -2.50. The molecule has 8 rings (SSSR count). The van der Waals surface area contributed by atoms with E-state index in [9.17, 15) is 14.0 Å². The van der Waals surface area contributed by atoms with Crippen molar-refractivity contribution >= 4 is 26.5 Å². The van der Waals surface area contributed by atoms with Crippen molar-refractivity contribution in [3.63, 3.8) is 0 Å². The number of hydrogen-bond acceptors (Lipinski definition) is 5. The smallest absolute Gasteiger partial charge is 0.277 e. The molecule has 3 heterocycles. The highest BCUT2D eigenvalue weighted by molar-refractivity contribution is 7.27. The summed E-state index contributed by atoms with van der Waals surface area (Å²) in [5.41, 5.74) is 5.09. The maximum Gasteiger partial charge on any atom is 0.277 e. The van der Waals surface area contributed by atoms with Crippen LogP contribution in [0.5, 0.6) is 5.75 Å². The number of hydrogen-bond donors (Lipinski definition) is 0. The van der Waals surface area contributed by atoms with Gasteiger partial charge in [-0.25, -0.2) is 4.39 Å². The van der Waals surface area contributed by atoms with E-state index < -0.39 is 5.54 Å². The Morgan fingerprint density at radius 3 is 2.56 bits per heavy atom. The van der Waals surface area contributed by atoms with Crippen molar-refractivity contribution in [2.45, 2.75) is 31.4 Å². The van der Waals surface area contributed by atoms with E-state index in [1.165, 1.54) is 12.1 Å². The van der Waals surface area contributed by atoms with E-state index in [2.05, 4.69) is 32.5 Å². The molecule has 228 valence electrons. The van der Waals surface area contributed by atoms with Crippen molar-refractivity contribution in [3.05, 3.63) is 134 Å². The van der Waals surface area contributed by atoms with Crippen LogP contribution in [-0.2, 0) is 23.3 Å². The summed E-state index contributed by atoms with van der Waals surface area (Å²) in [6.45, 7) is 2.29. The minimum atomic E-state index is -0.819. The van der Waals surface area contributed by atoms with Gasteiger partial charge in [0.1, 0.15) is 24.6 Å². The van der Waals surface area contributed by atoms with Crippen molar-refractivity contribution < 1.29 is 18.7 Å². The third-order valence-electron chi connectivity index (χ3n) is 9.73. The topological polar surface area (TPSA) is 64.0 Å². The average molecular weight is 622 g/mol. The summed E-state index contributed by atoms with van der Waals surface area (Å²) < 4.78 is 28.6. The average Bonchev–Trinajstić information content (AvgIpc) is 3.56. The zero-order chi connectivity index (χ0) is 30.7. The Morgan fingerprint density at radius 2 is 1.73 bits per heavy atom. The van der Waals surface area contributed by atoms with Crippen molar-refractivity contribution in [1.29, 1.82) is 0 Å². The van der Waals surface area contributed by atoms with Crippen LogP contribution >= 0.6 is 9.24 Å². The normalized spacial score (nSPS) is 20.4. The van der Waals surface area contributed by atoms with Gasteiger partial charge >= 0.3 is 0 Å². The van der Waals surface area contributed by atoms with Gasteiger partial charge in [0.25, 0.3) is 5.91 Å². The molecule has 2 atom stereocenters. The first-order chi connectivity index (χ1) is 22.0. The molecule has 9 heteroatoms. The molecule has 1 aromatic heterocycles. The number of carbonyl (C=O) groups excluding carboxylic acids is 1. The number of fused-ring (bicyclic) bond motifs is 6. The Morgan fingerprint density at radius 1 is 0.956 bits per heavy atom. The van der Waals surface area contributed by atoms with Crippen LogP contribution in [0.15, 0.2) is 89.4 Å². The largest absolute Gasteiger partial charge is 0.482 e. The van der Waals surface area contributed by atoms with Crippen LogP contribution < -0.4 is 20.5 Å². The van der Waals surface area contributed by atoms with E-state index in [4.69, 9.17) is 9.47 Å². The summed E-state index contributed by atoms with van der Waals surface area (Å²) in [4.78, 5) is 29.8. The lowest BCUT2D eigenvalue weighted by atomic mass is 9.83. The molecule has 1 saturated heterocycles. The second kappa shape index (κ2) is 11.0. The minimum Gasteiger partial charge on any atom is -0.482 e. The lowest BCUT2D eigenvalue weighted by Crippen LogP contribution is -2.63. The SMILES string of the molecule is O=C1c2c(OCc3ccccc3)c(=O)ccn2N(C23C(=Cc4ccccc42)Cc2c3ccc(F)c2P)CN1CC1CCOCC1. The number of ether oxygens (including phenoxy) is 2. The maximum atomic E-state index is 15.0. The number of nitrogens with zero attached hydrogens (tertiary/aromatic N) is 3. The summed E-state index contributed by atoms with van der Waals surface area (Å²) in [5.74, 6) is -0.202. The number of carbonyl (C=O) groups is 1. The Kier molecular flexibility index (Phi) is 6.88. The molecule has 2 aliphatic heterocycles. The van der Waals surface area contributed by atoms with Crippen LogP contribution in [0.4, 0.5) is 4.39 Å². The third-order valence-corrected chi connectivity index (χ3v) is 10.4. The quantitative estimate of drug-likeness (QED) is 0.291. The Labute approximate surface area is 263 Å². The fraction of sp³-hybridized carbons (Fsp3) is 0.278. The van der Waals surface area contributed by atoms with Crippen molar-refractivity contribution in [1.82, 2.24) is 9.58 Å². The predicted molar refractivity (Wildman–Crippen MR) is 174 cm³/mol. The van der Waals surface area contributed by atoms with Gasteiger partial charge in [-0.1, -0.05) is 66.7 Å². The first-order valence-electron chi connectivity index (χ1n) is 15.4. The van der Waals surface area contributed by atoms with Gasteiger partial charge in [0.2, 0.25) is 5.43 Å². The molecule has 0 spiro atoms. The Bertz CT molecular complexity index is 1920. The molecule has 3 aromatic carbocycles. The highest BCUT2D eigenvalue weighted by Gasteiger charge is 2.56. The van der Waals surface area contributed by atoms with Gasteiger partial charge in [0.15, 0.2) is 11.4 Å². The van der Waals surface area contributed by atoms with Crippen LogP contribution in [0.25, 0.3) is 6.08 Å². The van der Waals surface area contributed by atoms with Crippen molar-refractivity contribution in [2.24, 2.45) is 5.92 Å². The molecule has 7 nitrogen and oxygen atoms in total. The van der Waals surface area contributed by atoms with E-state index in [1.807, 2.05) is 58.1 Å². The van der Waals surface area contributed by atoms with Gasteiger partial charge in [0, 0.05) is 37.3 Å². The maximum absolute atomic E-state index is 15.0. The Balaban J connectivity index is 1.33. The molecule has 1 amide bonds. The molecule has 0 N–H and O–H groups in total. The highest BCUT2D eigenvalue weighted by Crippen LogP contribution is 2.55. The predicted octanol–water partition coefficient (Wildman–Crippen LogP) is 4.74. The molecule has 4 aliphatic rings. The van der Waals surface area contributed by atoms with E-state index in [0.29, 0.717) is 31.5 Å². The molecule has 4 aromatic rings. The molecule has 1 fully saturated rings. The summed E-state index contributed by atoms with van der Waals surface area (Å²) in [6, 6.07) is 22.8. The van der Waals surface area contributed by atoms with Crippen LogP contribution in [0.3, 0.4) is 0 Å². The second-order valence-electron chi connectivity index (χ2n) is 12.2. The molecule has 0 radical (unpaired) electrons. The molecular weight excluding hydrogens is 588 g/mol. The third kappa shape index (κ3) is 4.38. The number of benzene rings is 3. The molecule has 2 aliphatic carbocycles. The minimum absolute atomic E-state index is 0.0327. The van der Waals surface area contributed by atoms with Gasteiger partial charge in [-0.15, -0.1) is 9.24 Å². The monoisotopic (exact) mass is 621 g/mol. The standard InChI is InChI=1S/C36H33FN3O4P/c37-30-11-10-29-27(34(30)45)19-26-18-25-8-4-5-9-28(25)36(26,29)40-22-38(20-23-13-16-43-17-14-23)35(42)32-33(31(41)12-15-39(32)40)44-21-24-6-2-1-3-7-24/h1-12,15,18,23H,13-14,16-17,19-22,45H2. The summed E-state index contributed by atoms with van der Waals surface area (Å²) in [7, 11) is 2.60. The van der Waals surface area contributed by atoms with Gasteiger partial charge in [-0.3, -0.25) is 19.3 Å². The second-order valence-corrected chi connectivity index (χ2v) is 12.8. The van der Waals surface area contributed by atoms with Crippen LogP contribution in [-0.4, -0.2) is 41.9 Å². The number of amides is 1. The Hall–Kier alpha value is -4.26. The molecule has 45 heavy (non-hydrogen) atoms. The zero-order valence-corrected chi connectivity index (χ0v) is 25.9. The first kappa shape index (κ1) is 28.2. The summed E-state index contributed by atoms with van der Waals surface area (Å²) >= 11 is 0. The molecule has 2 unspecified atom stereocenters. The summed E-state index contributed by atoms with van der Waals surface area (Å²) in [6.07, 6.45) is 6.18. The number of rotatable bonds is 6. The molecule has 0 bridgehead atoms. The van der Waals surface area contributed by atoms with E-state index >= 15 is 0 Å². The first-order valence-corrected chi connectivity index (χ1v) is 16.0. The fourth-order valence-electron chi connectivity index (χ4n) is 7.58. The van der Waals surface area contributed by atoms with E-state index in [-0.39, 0.29) is 47.8 Å². The van der Waals surface area contributed by atoms with E-state index in [1.54, 1.807) is 6.20 Å². The van der Waals surface area contributed by atoms with Crippen molar-refractivity contribution in [2.75, 3.05) is 31.4 Å². The fourth-order valence-corrected chi connectivity index (χ4v) is 7.94. The van der Waals surface area contributed by atoms with Gasteiger partial charge in [-0.2, -0.15) is 0 Å². The van der Waals surface area contributed by atoms with Gasteiger partial charge in [-0.05, 0) is 64.6 Å². The number of halogens is 1. The highest BCUT2D eigenvalue weighted by atomic mass is 31.0. The van der Waals surface area contributed by atoms with E-state index in [0.717, 1.165) is 46.2 Å². The number of pyridine rings is 1. The van der Waals surface area contributed by atoms with Crippen LogP contribution in [0.1, 0.15) is 51.1 Å². The molecule has 0 saturated carbocycles. The van der Waals surface area contributed by atoms with Crippen molar-refractivity contribution in [3.8, 4) is 5.75 Å². The van der Waals surface area contributed by atoms with Gasteiger partial charge < -0.3 is 14.4 Å². The molecular formula is C36H33FN3O4P. The van der Waals surface area contributed by atoms with Gasteiger partial charge in [0.05, 0.1) is 0 Å². The lowest BCUT2D eigenvalue weighted by molar-refractivity contribution is 0.0398. The summed E-state index contributed by atoms with van der Waals surface area (Å²) in [5, 5.41) is 2.74. The number of aromatic nitrogens is 1. The zero-order valence-electron chi connectivity index (χ0n) is 24.7. The van der Waals surface area contributed by atoms with Crippen LogP contribution in [0, 0.1) is 11.7 Å².